The Morgan fingerprint density at radius 1 is 1.78 bits per heavy atom. The van der Waals surface area contributed by atoms with E-state index < -0.39 is 0 Å². The Kier molecular flexibility index (Phi) is 3.07. The van der Waals surface area contributed by atoms with Crippen LogP contribution in [-0.4, -0.2) is 54.5 Å². The minimum absolute atomic E-state index is 0.0995. The van der Waals surface area contributed by atoms with E-state index in [4.69, 9.17) is 11.6 Å². The quantitative estimate of drug-likeness (QED) is 0.486. The number of carbonyl (C=O) groups excluding carboxylic acids is 1. The molecule has 42 valence electrons. The molecule has 0 aromatic rings. The molecule has 0 bridgehead atoms. The van der Waals surface area contributed by atoms with Crippen molar-refractivity contribution < 1.29 is 4.79 Å². The van der Waals surface area contributed by atoms with Crippen molar-refractivity contribution in [3.8, 4) is 0 Å². The van der Waals surface area contributed by atoms with Crippen LogP contribution in [0.4, 0.5) is 0 Å². The zero-order valence-electron chi connectivity index (χ0n) is 5.02. The Hall–Kier alpha value is 1.01. The first-order valence-corrected chi connectivity index (χ1v) is 4.56. The van der Waals surface area contributed by atoms with E-state index >= 15 is 0 Å². The van der Waals surface area contributed by atoms with Crippen molar-refractivity contribution in [3.63, 3.8) is 0 Å². The van der Waals surface area contributed by atoms with E-state index in [0.29, 0.717) is 60.4 Å². The van der Waals surface area contributed by atoms with E-state index in [2.05, 4.69) is 4.99 Å². The summed E-state index contributed by atoms with van der Waals surface area (Å²) in [6, 6.07) is 0. The molecule has 0 saturated carbocycles. The second-order valence-corrected chi connectivity index (χ2v) is 3.86. The van der Waals surface area contributed by atoms with E-state index in [1.54, 1.807) is 6.20 Å². The number of hydrogen-bond acceptors (Lipinski definition) is 2. The third-order valence-electron chi connectivity index (χ3n) is 1.13. The fourth-order valence-corrected chi connectivity index (χ4v) is 1.21. The SMILES string of the molecule is O=C1CC(Cl)=CN=[C]1[K]. The van der Waals surface area contributed by atoms with Crippen molar-refractivity contribution in [1.82, 2.24) is 0 Å². The molecule has 0 spiro atoms. The fourth-order valence-electron chi connectivity index (χ4n) is 0.566. The Morgan fingerprint density at radius 3 is 2.89 bits per heavy atom. The Bertz CT molecular complexity index is 209. The van der Waals surface area contributed by atoms with Gasteiger partial charge in [0.1, 0.15) is 0 Å². The summed E-state index contributed by atoms with van der Waals surface area (Å²) < 4.78 is 0.729. The first-order valence-electron chi connectivity index (χ1n) is 2.62. The molecule has 9 heavy (non-hydrogen) atoms. The average molecular weight is 168 g/mol. The summed E-state index contributed by atoms with van der Waals surface area (Å²) in [5.74, 6) is 0.0995. The van der Waals surface area contributed by atoms with Gasteiger partial charge in [0.25, 0.3) is 0 Å². The van der Waals surface area contributed by atoms with Gasteiger partial charge in [-0.2, -0.15) is 0 Å². The van der Waals surface area contributed by atoms with Crippen LogP contribution in [0, 0.1) is 0 Å². The van der Waals surface area contributed by atoms with E-state index in [1.165, 1.54) is 0 Å². The predicted octanol–water partition coefficient (Wildman–Crippen LogP) is 0.606. The molecule has 0 aromatic carbocycles. The molecule has 2 nitrogen and oxygen atoms in total. The van der Waals surface area contributed by atoms with E-state index in [-0.39, 0.29) is 5.78 Å². The molecular weight excluding hydrogens is 165 g/mol. The first kappa shape index (κ1) is 8.11. The van der Waals surface area contributed by atoms with Crippen LogP contribution in [0.15, 0.2) is 16.2 Å². The summed E-state index contributed by atoms with van der Waals surface area (Å²) in [7, 11) is 0. The summed E-state index contributed by atoms with van der Waals surface area (Å²) in [6.07, 6.45) is 1.92. The van der Waals surface area contributed by atoms with Gasteiger partial charge in [-0.3, -0.25) is 0 Å². The van der Waals surface area contributed by atoms with Gasteiger partial charge in [-0.1, -0.05) is 0 Å². The molecule has 0 aromatic heterocycles. The van der Waals surface area contributed by atoms with Gasteiger partial charge in [0.05, 0.1) is 0 Å². The summed E-state index contributed by atoms with van der Waals surface area (Å²) in [4.78, 5) is 14.6. The molecule has 0 aliphatic carbocycles. The van der Waals surface area contributed by atoms with Crippen molar-refractivity contribution in [2.75, 3.05) is 0 Å². The van der Waals surface area contributed by atoms with Crippen molar-refractivity contribution >= 4 is 66.1 Å². The van der Waals surface area contributed by atoms with Crippen LogP contribution in [-0.2, 0) is 4.79 Å². The van der Waals surface area contributed by atoms with Crippen molar-refractivity contribution in [2.24, 2.45) is 4.99 Å². The van der Waals surface area contributed by atoms with E-state index in [1.807, 2.05) is 0 Å². The summed E-state index contributed by atoms with van der Waals surface area (Å²) in [6.45, 7) is 0. The summed E-state index contributed by atoms with van der Waals surface area (Å²) in [5, 5.41) is 0.549. The molecule has 0 amide bonds. The molecule has 0 fully saturated rings. The minimum atomic E-state index is 0.0995. The van der Waals surface area contributed by atoms with E-state index in [9.17, 15) is 4.79 Å². The number of allylic oxidation sites excluding steroid dienone is 1. The van der Waals surface area contributed by atoms with Crippen LogP contribution in [0.2, 0.25) is 0 Å². The van der Waals surface area contributed by atoms with Crippen molar-refractivity contribution in [3.05, 3.63) is 11.2 Å². The fraction of sp³-hybridized carbons (Fsp3) is 0.200. The molecule has 0 unspecified atom stereocenters. The van der Waals surface area contributed by atoms with Gasteiger partial charge < -0.3 is 0 Å². The average Bonchev–Trinajstić information content (AvgIpc) is 1.80. The molecular formula is C5H3ClKNO. The van der Waals surface area contributed by atoms with Crippen molar-refractivity contribution in [2.45, 2.75) is 6.42 Å². The second-order valence-electron chi connectivity index (χ2n) is 1.89. The molecule has 1 rings (SSSR count). The predicted molar refractivity (Wildman–Crippen MR) is 36.7 cm³/mol. The molecule has 0 saturated heterocycles. The Labute approximate surface area is 91.9 Å². The van der Waals surface area contributed by atoms with Crippen LogP contribution in [0.5, 0.6) is 0 Å². The van der Waals surface area contributed by atoms with Gasteiger partial charge in [0, 0.05) is 0 Å². The summed E-state index contributed by atoms with van der Waals surface area (Å²) >= 11 is 5.92. The molecule has 1 aliphatic heterocycles. The number of Topliss-reactive ketones (excluding diaryl/α,β-unsaturated/α-hetero) is 1. The number of nitrogens with zero attached hydrogens (tertiary/aromatic N) is 1. The molecule has 1 aliphatic rings. The molecule has 0 radical (unpaired) electrons. The van der Waals surface area contributed by atoms with Gasteiger partial charge in [0.2, 0.25) is 0 Å². The van der Waals surface area contributed by atoms with Gasteiger partial charge >= 0.3 is 93.6 Å². The third kappa shape index (κ3) is 2.25. The zero-order valence-corrected chi connectivity index (χ0v) is 8.90. The number of aliphatic imine (C=N–C) groups is 1. The topological polar surface area (TPSA) is 29.4 Å². The van der Waals surface area contributed by atoms with Gasteiger partial charge in [-0.25, -0.2) is 0 Å². The standard InChI is InChI=1S/C5H3ClNO.K/c6-4-1-5(8)3-7-2-4;/h2H,1H2;. The van der Waals surface area contributed by atoms with Crippen LogP contribution in [0.25, 0.3) is 0 Å². The second kappa shape index (κ2) is 3.41. The molecule has 0 atom stereocenters. The third-order valence-corrected chi connectivity index (χ3v) is 2.64. The maximum absolute atomic E-state index is 10.8. The molecule has 0 N–H and O–H groups in total. The van der Waals surface area contributed by atoms with Gasteiger partial charge in [0.15, 0.2) is 0 Å². The van der Waals surface area contributed by atoms with Crippen LogP contribution < -0.4 is 0 Å². The van der Waals surface area contributed by atoms with Crippen LogP contribution in [0.1, 0.15) is 6.42 Å². The normalized spacial score (nSPS) is 19.2. The summed E-state index contributed by atoms with van der Waals surface area (Å²) in [5.41, 5.74) is 0. The maximum atomic E-state index is 10.8. The monoisotopic (exact) mass is 167 g/mol. The Balaban J connectivity index is 2.86. The Morgan fingerprint density at radius 2 is 2.44 bits per heavy atom. The molecule has 1 heterocycles. The zero-order chi connectivity index (χ0) is 6.85. The van der Waals surface area contributed by atoms with Gasteiger partial charge in [-0.05, 0) is 0 Å². The number of carbonyl (C=O) groups is 1. The number of rotatable bonds is 0. The molecule has 4 heteroatoms. The van der Waals surface area contributed by atoms with E-state index in [0.717, 1.165) is -0.194 Å². The number of hydrogen-bond donors (Lipinski definition) is 0. The van der Waals surface area contributed by atoms with Crippen LogP contribution >= 0.6 is 11.6 Å². The van der Waals surface area contributed by atoms with Gasteiger partial charge in [-0.15, -0.1) is 0 Å². The number of halogens is 1. The van der Waals surface area contributed by atoms with Crippen LogP contribution in [0.3, 0.4) is 0 Å². The first-order chi connectivity index (χ1) is 4.20. The van der Waals surface area contributed by atoms with Crippen molar-refractivity contribution in [1.29, 1.82) is 0 Å². The number of ketones is 1.